The van der Waals surface area contributed by atoms with Crippen LogP contribution in [0.3, 0.4) is 0 Å². The Morgan fingerprint density at radius 3 is 2.37 bits per heavy atom. The van der Waals surface area contributed by atoms with E-state index in [9.17, 15) is 18.0 Å². The number of urea groups is 1. The Kier molecular flexibility index (Phi) is 5.30. The maximum atomic E-state index is 12.9. The third-order valence-corrected chi connectivity index (χ3v) is 4.74. The van der Waals surface area contributed by atoms with Crippen LogP contribution in [0, 0.1) is 13.8 Å². The standard InChI is InChI=1S/C20H22F3N3O/c1-14-6-7-15(2)18(12-14)24-19(27)26-10-8-25(9-11-26)17-5-3-4-16(13-17)20(21,22)23/h3-7,12-13H,8-11H2,1-2H3,(H,24,27). The number of aryl methyl sites for hydroxylation is 2. The molecule has 0 bridgehead atoms. The van der Waals surface area contributed by atoms with Gasteiger partial charge in [-0.15, -0.1) is 0 Å². The molecule has 4 nitrogen and oxygen atoms in total. The molecule has 0 unspecified atom stereocenters. The molecule has 0 aliphatic carbocycles. The topological polar surface area (TPSA) is 35.6 Å². The Morgan fingerprint density at radius 2 is 1.70 bits per heavy atom. The molecule has 1 aliphatic heterocycles. The van der Waals surface area contributed by atoms with Crippen LogP contribution in [0.1, 0.15) is 16.7 Å². The van der Waals surface area contributed by atoms with Gasteiger partial charge in [-0.05, 0) is 49.2 Å². The van der Waals surface area contributed by atoms with Crippen LogP contribution in [0.15, 0.2) is 42.5 Å². The van der Waals surface area contributed by atoms with Crippen molar-refractivity contribution < 1.29 is 18.0 Å². The van der Waals surface area contributed by atoms with Gasteiger partial charge in [0, 0.05) is 37.6 Å². The Labute approximate surface area is 156 Å². The van der Waals surface area contributed by atoms with Crippen molar-refractivity contribution >= 4 is 17.4 Å². The van der Waals surface area contributed by atoms with Gasteiger partial charge in [-0.2, -0.15) is 13.2 Å². The molecule has 1 fully saturated rings. The number of nitrogens with zero attached hydrogens (tertiary/aromatic N) is 2. The van der Waals surface area contributed by atoms with E-state index in [4.69, 9.17) is 0 Å². The first-order chi connectivity index (χ1) is 12.7. The lowest BCUT2D eigenvalue weighted by molar-refractivity contribution is -0.137. The van der Waals surface area contributed by atoms with Crippen LogP contribution >= 0.6 is 0 Å². The van der Waals surface area contributed by atoms with E-state index in [1.54, 1.807) is 11.0 Å². The molecule has 0 saturated carbocycles. The fourth-order valence-electron chi connectivity index (χ4n) is 3.11. The highest BCUT2D eigenvalue weighted by Gasteiger charge is 2.31. The molecule has 1 N–H and O–H groups in total. The molecule has 0 aromatic heterocycles. The van der Waals surface area contributed by atoms with Crippen LogP contribution in [0.4, 0.5) is 29.3 Å². The largest absolute Gasteiger partial charge is 0.416 e. The third-order valence-electron chi connectivity index (χ3n) is 4.74. The number of amides is 2. The molecule has 0 spiro atoms. The van der Waals surface area contributed by atoms with Gasteiger partial charge in [-0.1, -0.05) is 18.2 Å². The maximum Gasteiger partial charge on any atom is 0.416 e. The lowest BCUT2D eigenvalue weighted by Gasteiger charge is -2.36. The highest BCUT2D eigenvalue weighted by Crippen LogP contribution is 2.32. The van der Waals surface area contributed by atoms with Crippen LogP contribution in [0.2, 0.25) is 0 Å². The molecule has 3 rings (SSSR count). The summed E-state index contributed by atoms with van der Waals surface area (Å²) in [7, 11) is 0. The summed E-state index contributed by atoms with van der Waals surface area (Å²) >= 11 is 0. The van der Waals surface area contributed by atoms with Crippen molar-refractivity contribution in [2.45, 2.75) is 20.0 Å². The number of carbonyl (C=O) groups is 1. The zero-order valence-corrected chi connectivity index (χ0v) is 15.3. The van der Waals surface area contributed by atoms with Gasteiger partial charge < -0.3 is 15.1 Å². The Bertz CT molecular complexity index is 827. The molecule has 1 heterocycles. The maximum absolute atomic E-state index is 12.9. The molecule has 1 saturated heterocycles. The average molecular weight is 377 g/mol. The number of hydrogen-bond donors (Lipinski definition) is 1. The first-order valence-electron chi connectivity index (χ1n) is 8.79. The summed E-state index contributed by atoms with van der Waals surface area (Å²) in [6, 6.07) is 11.0. The number of nitrogens with one attached hydrogen (secondary N) is 1. The normalized spacial score (nSPS) is 15.0. The predicted molar refractivity (Wildman–Crippen MR) is 100 cm³/mol. The number of hydrogen-bond acceptors (Lipinski definition) is 2. The monoisotopic (exact) mass is 377 g/mol. The van der Waals surface area contributed by atoms with E-state index in [0.29, 0.717) is 31.9 Å². The second-order valence-electron chi connectivity index (χ2n) is 6.77. The quantitative estimate of drug-likeness (QED) is 0.825. The van der Waals surface area contributed by atoms with Crippen molar-refractivity contribution in [1.29, 1.82) is 0 Å². The van der Waals surface area contributed by atoms with Crippen molar-refractivity contribution in [2.24, 2.45) is 0 Å². The molecule has 0 atom stereocenters. The van der Waals surface area contributed by atoms with Crippen molar-refractivity contribution in [1.82, 2.24) is 4.90 Å². The number of benzene rings is 2. The van der Waals surface area contributed by atoms with E-state index in [2.05, 4.69) is 5.32 Å². The smallest absolute Gasteiger partial charge is 0.368 e. The van der Waals surface area contributed by atoms with Gasteiger partial charge in [-0.25, -0.2) is 4.79 Å². The molecule has 2 aromatic rings. The Hall–Kier alpha value is -2.70. The summed E-state index contributed by atoms with van der Waals surface area (Å²) in [5, 5.41) is 2.92. The average Bonchev–Trinajstić information content (AvgIpc) is 2.64. The summed E-state index contributed by atoms with van der Waals surface area (Å²) in [6.45, 7) is 5.77. The van der Waals surface area contributed by atoms with Gasteiger partial charge in [-0.3, -0.25) is 0 Å². The first-order valence-corrected chi connectivity index (χ1v) is 8.79. The molecule has 0 radical (unpaired) electrons. The summed E-state index contributed by atoms with van der Waals surface area (Å²) in [4.78, 5) is 16.1. The van der Waals surface area contributed by atoms with Gasteiger partial charge in [0.2, 0.25) is 0 Å². The van der Waals surface area contributed by atoms with Gasteiger partial charge >= 0.3 is 12.2 Å². The fourth-order valence-corrected chi connectivity index (χ4v) is 3.11. The van der Waals surface area contributed by atoms with Crippen LogP contribution < -0.4 is 10.2 Å². The SMILES string of the molecule is Cc1ccc(C)c(NC(=O)N2CCN(c3cccc(C(F)(F)F)c3)CC2)c1. The molecule has 2 aromatic carbocycles. The summed E-state index contributed by atoms with van der Waals surface area (Å²) in [6.07, 6.45) is -4.36. The van der Waals surface area contributed by atoms with Crippen molar-refractivity contribution in [3.8, 4) is 0 Å². The minimum absolute atomic E-state index is 0.188. The number of alkyl halides is 3. The minimum Gasteiger partial charge on any atom is -0.368 e. The first kappa shape index (κ1) is 19.1. The zero-order chi connectivity index (χ0) is 19.6. The van der Waals surface area contributed by atoms with Crippen LogP contribution in [0.25, 0.3) is 0 Å². The van der Waals surface area contributed by atoms with Gasteiger partial charge in [0.05, 0.1) is 5.56 Å². The van der Waals surface area contributed by atoms with Gasteiger partial charge in [0.15, 0.2) is 0 Å². The van der Waals surface area contributed by atoms with E-state index in [1.165, 1.54) is 6.07 Å². The van der Waals surface area contributed by atoms with E-state index in [1.807, 2.05) is 36.9 Å². The van der Waals surface area contributed by atoms with Gasteiger partial charge in [0.25, 0.3) is 0 Å². The fraction of sp³-hybridized carbons (Fsp3) is 0.350. The molecule has 1 aliphatic rings. The number of anilines is 2. The molecular formula is C20H22F3N3O. The second-order valence-corrected chi connectivity index (χ2v) is 6.77. The van der Waals surface area contributed by atoms with E-state index in [-0.39, 0.29) is 6.03 Å². The van der Waals surface area contributed by atoms with Gasteiger partial charge in [0.1, 0.15) is 0 Å². The van der Waals surface area contributed by atoms with Crippen LogP contribution in [0.5, 0.6) is 0 Å². The summed E-state index contributed by atoms with van der Waals surface area (Å²) < 4.78 is 38.7. The van der Waals surface area contributed by atoms with E-state index >= 15 is 0 Å². The molecule has 7 heteroatoms. The number of carbonyl (C=O) groups excluding carboxylic acids is 1. The summed E-state index contributed by atoms with van der Waals surface area (Å²) in [5.41, 5.74) is 2.69. The number of halogens is 3. The highest BCUT2D eigenvalue weighted by atomic mass is 19.4. The Morgan fingerprint density at radius 1 is 1.00 bits per heavy atom. The Balaban J connectivity index is 1.62. The van der Waals surface area contributed by atoms with Crippen LogP contribution in [-0.2, 0) is 6.18 Å². The molecular weight excluding hydrogens is 355 g/mol. The second kappa shape index (κ2) is 7.50. The zero-order valence-electron chi connectivity index (χ0n) is 15.3. The van der Waals surface area contributed by atoms with Crippen molar-refractivity contribution in [2.75, 3.05) is 36.4 Å². The molecule has 27 heavy (non-hydrogen) atoms. The number of rotatable bonds is 2. The minimum atomic E-state index is -4.36. The molecule has 144 valence electrons. The number of piperazine rings is 1. The van der Waals surface area contributed by atoms with E-state index < -0.39 is 11.7 Å². The summed E-state index contributed by atoms with van der Waals surface area (Å²) in [5.74, 6) is 0. The van der Waals surface area contributed by atoms with Crippen molar-refractivity contribution in [3.63, 3.8) is 0 Å². The highest BCUT2D eigenvalue weighted by molar-refractivity contribution is 5.90. The van der Waals surface area contributed by atoms with Crippen LogP contribution in [-0.4, -0.2) is 37.1 Å². The van der Waals surface area contributed by atoms with Crippen molar-refractivity contribution in [3.05, 3.63) is 59.2 Å². The molecule has 2 amide bonds. The lowest BCUT2D eigenvalue weighted by Crippen LogP contribution is -2.50. The van der Waals surface area contributed by atoms with E-state index in [0.717, 1.165) is 28.9 Å². The third kappa shape index (κ3) is 4.53. The predicted octanol–water partition coefficient (Wildman–Crippen LogP) is 4.68. The lowest BCUT2D eigenvalue weighted by atomic mass is 10.1.